The molecule has 1 saturated heterocycles. The smallest absolute Gasteiger partial charge is 0.241 e. The quantitative estimate of drug-likeness (QED) is 0.833. The van der Waals surface area contributed by atoms with Crippen molar-refractivity contribution in [1.82, 2.24) is 4.90 Å². The maximum absolute atomic E-state index is 12.3. The van der Waals surface area contributed by atoms with Crippen molar-refractivity contribution in [3.63, 3.8) is 0 Å². The number of nitrogens with zero attached hydrogens (tertiary/aromatic N) is 1. The molecule has 0 spiro atoms. The molecule has 0 saturated carbocycles. The maximum atomic E-state index is 12.3. The third-order valence-electron chi connectivity index (χ3n) is 3.80. The Balaban J connectivity index is 2.00. The normalized spacial score (nSPS) is 20.6. The van der Waals surface area contributed by atoms with Gasteiger partial charge in [0.2, 0.25) is 5.91 Å². The number of rotatable bonds is 4. The molecular formula is C15H21N3OS. The number of thiocarbonyl (C=S) groups is 1. The van der Waals surface area contributed by atoms with Gasteiger partial charge in [-0.3, -0.25) is 9.69 Å². The summed E-state index contributed by atoms with van der Waals surface area (Å²) in [6.07, 6.45) is 1.16. The Morgan fingerprint density at radius 1 is 1.55 bits per heavy atom. The third-order valence-corrected chi connectivity index (χ3v) is 4.03. The number of carbonyl (C=O) groups is 1. The minimum Gasteiger partial charge on any atom is -0.389 e. The van der Waals surface area contributed by atoms with Gasteiger partial charge in [0.1, 0.15) is 4.99 Å². The van der Waals surface area contributed by atoms with E-state index < -0.39 is 0 Å². The lowest BCUT2D eigenvalue weighted by atomic mass is 10.2. The number of hydrogen-bond acceptors (Lipinski definition) is 3. The molecule has 1 heterocycles. The molecule has 0 aliphatic carbocycles. The molecule has 20 heavy (non-hydrogen) atoms. The molecule has 0 radical (unpaired) electrons. The van der Waals surface area contributed by atoms with Gasteiger partial charge in [-0.25, -0.2) is 0 Å². The fourth-order valence-corrected chi connectivity index (χ4v) is 2.61. The van der Waals surface area contributed by atoms with Gasteiger partial charge in [-0.1, -0.05) is 31.3 Å². The van der Waals surface area contributed by atoms with E-state index >= 15 is 0 Å². The molecule has 4 nitrogen and oxygen atoms in total. The molecule has 1 fully saturated rings. The van der Waals surface area contributed by atoms with Crippen molar-refractivity contribution in [3.8, 4) is 0 Å². The summed E-state index contributed by atoms with van der Waals surface area (Å²) in [5.41, 5.74) is 7.10. The number of carbonyl (C=O) groups excluding carboxylic acids is 1. The van der Waals surface area contributed by atoms with E-state index in [1.807, 2.05) is 25.1 Å². The fraction of sp³-hybridized carbons (Fsp3) is 0.467. The van der Waals surface area contributed by atoms with Crippen LogP contribution in [0.4, 0.5) is 5.69 Å². The van der Waals surface area contributed by atoms with Gasteiger partial charge in [0.25, 0.3) is 0 Å². The van der Waals surface area contributed by atoms with Gasteiger partial charge >= 0.3 is 0 Å². The summed E-state index contributed by atoms with van der Waals surface area (Å²) < 4.78 is 0. The van der Waals surface area contributed by atoms with E-state index in [1.54, 1.807) is 6.07 Å². The first-order chi connectivity index (χ1) is 9.47. The molecule has 2 unspecified atom stereocenters. The van der Waals surface area contributed by atoms with Crippen LogP contribution in [0.3, 0.4) is 0 Å². The lowest BCUT2D eigenvalue weighted by Crippen LogP contribution is -2.40. The zero-order chi connectivity index (χ0) is 14.7. The molecule has 5 heteroatoms. The Bertz CT molecular complexity index is 518. The van der Waals surface area contributed by atoms with Crippen LogP contribution in [0.2, 0.25) is 0 Å². The average molecular weight is 291 g/mol. The van der Waals surface area contributed by atoms with E-state index in [0.717, 1.165) is 30.8 Å². The summed E-state index contributed by atoms with van der Waals surface area (Å²) in [5, 5.41) is 2.93. The first-order valence-electron chi connectivity index (χ1n) is 6.92. The highest BCUT2D eigenvalue weighted by Gasteiger charge is 2.27. The topological polar surface area (TPSA) is 58.4 Å². The number of hydrogen-bond donors (Lipinski definition) is 2. The Labute approximate surface area is 125 Å². The van der Waals surface area contributed by atoms with Gasteiger partial charge in [-0.15, -0.1) is 0 Å². The summed E-state index contributed by atoms with van der Waals surface area (Å²) in [6, 6.07) is 7.21. The van der Waals surface area contributed by atoms with Gasteiger partial charge < -0.3 is 11.1 Å². The highest BCUT2D eigenvalue weighted by molar-refractivity contribution is 7.80. The van der Waals surface area contributed by atoms with Crippen molar-refractivity contribution in [2.24, 2.45) is 11.7 Å². The van der Waals surface area contributed by atoms with Gasteiger partial charge in [0.05, 0.1) is 6.04 Å². The van der Waals surface area contributed by atoms with Gasteiger partial charge in [-0.05, 0) is 37.9 Å². The Morgan fingerprint density at radius 3 is 2.90 bits per heavy atom. The molecular weight excluding hydrogens is 270 g/mol. The number of likely N-dealkylation sites (tertiary alicyclic amines) is 1. The molecule has 2 rings (SSSR count). The fourth-order valence-electron chi connectivity index (χ4n) is 2.48. The van der Waals surface area contributed by atoms with E-state index in [0.29, 0.717) is 10.9 Å². The van der Waals surface area contributed by atoms with Crippen LogP contribution in [0.15, 0.2) is 24.3 Å². The van der Waals surface area contributed by atoms with E-state index in [4.69, 9.17) is 18.0 Å². The number of anilines is 1. The summed E-state index contributed by atoms with van der Waals surface area (Å²) in [5.74, 6) is 0.683. The van der Waals surface area contributed by atoms with Crippen LogP contribution in [0.5, 0.6) is 0 Å². The highest BCUT2D eigenvalue weighted by atomic mass is 32.1. The highest BCUT2D eigenvalue weighted by Crippen LogP contribution is 2.19. The van der Waals surface area contributed by atoms with Crippen molar-refractivity contribution >= 4 is 28.8 Å². The zero-order valence-electron chi connectivity index (χ0n) is 11.9. The van der Waals surface area contributed by atoms with Crippen LogP contribution in [-0.2, 0) is 4.79 Å². The van der Waals surface area contributed by atoms with Crippen molar-refractivity contribution < 1.29 is 4.79 Å². The lowest BCUT2D eigenvalue weighted by Gasteiger charge is -2.23. The summed E-state index contributed by atoms with van der Waals surface area (Å²) in [7, 11) is 0. The van der Waals surface area contributed by atoms with Gasteiger partial charge in [-0.2, -0.15) is 0 Å². The second-order valence-electron chi connectivity index (χ2n) is 5.50. The Kier molecular flexibility index (Phi) is 4.73. The first kappa shape index (κ1) is 14.9. The SMILES string of the molecule is CC1CCN(C(C)C(=O)Nc2cccc(C(N)=S)c2)C1. The minimum atomic E-state index is -0.117. The first-order valence-corrected chi connectivity index (χ1v) is 7.33. The summed E-state index contributed by atoms with van der Waals surface area (Å²) >= 11 is 4.94. The number of benzene rings is 1. The molecule has 0 aromatic heterocycles. The molecule has 1 aliphatic heterocycles. The summed E-state index contributed by atoms with van der Waals surface area (Å²) in [4.78, 5) is 14.8. The standard InChI is InChI=1S/C15H21N3OS/c1-10-6-7-18(9-10)11(2)15(19)17-13-5-3-4-12(8-13)14(16)20/h3-5,8,10-11H,6-7,9H2,1-2H3,(H2,16,20)(H,17,19). The van der Waals surface area contributed by atoms with Crippen LogP contribution >= 0.6 is 12.2 Å². The van der Waals surface area contributed by atoms with Crippen LogP contribution in [0.1, 0.15) is 25.8 Å². The van der Waals surface area contributed by atoms with Crippen LogP contribution in [0, 0.1) is 5.92 Å². The van der Waals surface area contributed by atoms with Crippen molar-refractivity contribution in [2.45, 2.75) is 26.3 Å². The Morgan fingerprint density at radius 2 is 2.30 bits per heavy atom. The Hall–Kier alpha value is -1.46. The second-order valence-corrected chi connectivity index (χ2v) is 5.94. The van der Waals surface area contributed by atoms with Crippen LogP contribution < -0.4 is 11.1 Å². The van der Waals surface area contributed by atoms with E-state index in [-0.39, 0.29) is 11.9 Å². The maximum Gasteiger partial charge on any atom is 0.241 e. The number of amides is 1. The molecule has 0 bridgehead atoms. The number of nitrogens with one attached hydrogen (secondary N) is 1. The van der Waals surface area contributed by atoms with Crippen molar-refractivity contribution in [3.05, 3.63) is 29.8 Å². The number of nitrogens with two attached hydrogens (primary N) is 1. The molecule has 1 aromatic carbocycles. The van der Waals surface area contributed by atoms with Crippen LogP contribution in [0.25, 0.3) is 0 Å². The molecule has 2 atom stereocenters. The van der Waals surface area contributed by atoms with E-state index in [1.165, 1.54) is 0 Å². The van der Waals surface area contributed by atoms with E-state index in [9.17, 15) is 4.79 Å². The summed E-state index contributed by atoms with van der Waals surface area (Å²) in [6.45, 7) is 6.14. The monoisotopic (exact) mass is 291 g/mol. The second kappa shape index (κ2) is 6.33. The third kappa shape index (κ3) is 3.55. The van der Waals surface area contributed by atoms with Crippen molar-refractivity contribution in [1.29, 1.82) is 0 Å². The van der Waals surface area contributed by atoms with Crippen LogP contribution in [-0.4, -0.2) is 34.9 Å². The molecule has 3 N–H and O–H groups in total. The lowest BCUT2D eigenvalue weighted by molar-refractivity contribution is -0.120. The minimum absolute atomic E-state index is 0.0131. The van der Waals surface area contributed by atoms with Crippen molar-refractivity contribution in [2.75, 3.05) is 18.4 Å². The predicted molar refractivity (Wildman–Crippen MR) is 85.8 cm³/mol. The molecule has 1 aromatic rings. The molecule has 1 amide bonds. The molecule has 1 aliphatic rings. The molecule has 108 valence electrons. The largest absolute Gasteiger partial charge is 0.389 e. The van der Waals surface area contributed by atoms with E-state index in [2.05, 4.69) is 17.1 Å². The average Bonchev–Trinajstić information content (AvgIpc) is 2.84. The van der Waals surface area contributed by atoms with Gasteiger partial charge in [0, 0.05) is 17.8 Å². The zero-order valence-corrected chi connectivity index (χ0v) is 12.7. The van der Waals surface area contributed by atoms with Gasteiger partial charge in [0.15, 0.2) is 0 Å². The predicted octanol–water partition coefficient (Wildman–Crippen LogP) is 1.99.